The first-order valence-electron chi connectivity index (χ1n) is 10.7. The molecule has 0 unspecified atom stereocenters. The summed E-state index contributed by atoms with van der Waals surface area (Å²) < 4.78 is 1.06. The number of likely N-dealkylation sites (tertiary alicyclic amines) is 1. The molecule has 0 bridgehead atoms. The van der Waals surface area contributed by atoms with E-state index >= 15 is 0 Å². The molecule has 0 radical (unpaired) electrons. The van der Waals surface area contributed by atoms with Crippen molar-refractivity contribution >= 4 is 38.5 Å². The summed E-state index contributed by atoms with van der Waals surface area (Å²) >= 11 is 1.53. The van der Waals surface area contributed by atoms with Crippen molar-refractivity contribution in [3.8, 4) is 0 Å². The van der Waals surface area contributed by atoms with Crippen LogP contribution in [0.25, 0.3) is 10.2 Å². The minimum atomic E-state index is -0.0566. The van der Waals surface area contributed by atoms with E-state index in [4.69, 9.17) is 4.98 Å². The molecule has 1 aliphatic rings. The number of carbonyl (C=O) groups excluding carboxylic acids is 2. The number of benzene rings is 2. The third kappa shape index (κ3) is 5.05. The van der Waals surface area contributed by atoms with Crippen molar-refractivity contribution in [2.45, 2.75) is 38.5 Å². The van der Waals surface area contributed by atoms with Gasteiger partial charge in [-0.15, -0.1) is 0 Å². The summed E-state index contributed by atoms with van der Waals surface area (Å²) in [5.41, 5.74) is 2.08. The zero-order chi connectivity index (χ0) is 20.8. The fraction of sp³-hybridized carbons (Fsp3) is 0.375. The van der Waals surface area contributed by atoms with Crippen molar-refractivity contribution < 1.29 is 9.59 Å². The van der Waals surface area contributed by atoms with E-state index in [0.717, 1.165) is 42.3 Å². The molecule has 2 heterocycles. The Morgan fingerprint density at radius 2 is 1.77 bits per heavy atom. The highest BCUT2D eigenvalue weighted by molar-refractivity contribution is 7.22. The largest absolute Gasteiger partial charge is 0.333 e. The van der Waals surface area contributed by atoms with Crippen molar-refractivity contribution in [3.05, 3.63) is 60.2 Å². The predicted octanol–water partition coefficient (Wildman–Crippen LogP) is 4.66. The molecule has 1 aromatic heterocycles. The summed E-state index contributed by atoms with van der Waals surface area (Å²) in [5.74, 6) is 0.0364. The number of fused-ring (bicyclic) bond motifs is 1. The maximum Gasteiger partial charge on any atom is 0.248 e. The van der Waals surface area contributed by atoms with E-state index in [0.29, 0.717) is 24.6 Å². The first kappa shape index (κ1) is 20.5. The molecule has 5 nitrogen and oxygen atoms in total. The standard InChI is InChI=1S/C24H27N3O2S/c28-22-14-6-1-2-9-16-26(22)18-23(29)27(17-15-19-10-4-3-5-11-19)24-25-20-12-7-8-13-21(20)30-24/h3-5,7-8,10-13H,1-2,6,9,14-18H2. The van der Waals surface area contributed by atoms with Gasteiger partial charge in [-0.1, -0.05) is 66.6 Å². The minimum absolute atomic E-state index is 0.0566. The lowest BCUT2D eigenvalue weighted by molar-refractivity contribution is -0.135. The second kappa shape index (κ2) is 9.85. The van der Waals surface area contributed by atoms with E-state index in [1.54, 1.807) is 9.80 Å². The Kier molecular flexibility index (Phi) is 6.74. The quantitative estimate of drug-likeness (QED) is 0.581. The highest BCUT2D eigenvalue weighted by Crippen LogP contribution is 2.29. The average molecular weight is 422 g/mol. The summed E-state index contributed by atoms with van der Waals surface area (Å²) in [7, 11) is 0. The molecular formula is C24H27N3O2S. The Balaban J connectivity index is 1.55. The van der Waals surface area contributed by atoms with Crippen LogP contribution in [0.5, 0.6) is 0 Å². The Morgan fingerprint density at radius 3 is 2.60 bits per heavy atom. The number of nitrogens with zero attached hydrogens (tertiary/aromatic N) is 3. The number of thiazole rings is 1. The molecule has 0 spiro atoms. The third-order valence-corrected chi connectivity index (χ3v) is 6.59. The van der Waals surface area contributed by atoms with Crippen LogP contribution in [0.15, 0.2) is 54.6 Å². The molecule has 2 aromatic carbocycles. The molecule has 0 aliphatic carbocycles. The van der Waals surface area contributed by atoms with Crippen LogP contribution in [-0.4, -0.2) is 41.3 Å². The van der Waals surface area contributed by atoms with Gasteiger partial charge in [0.15, 0.2) is 5.13 Å². The molecule has 2 amide bonds. The highest BCUT2D eigenvalue weighted by atomic mass is 32.1. The van der Waals surface area contributed by atoms with Gasteiger partial charge in [-0.3, -0.25) is 14.5 Å². The topological polar surface area (TPSA) is 53.5 Å². The maximum absolute atomic E-state index is 13.4. The smallest absolute Gasteiger partial charge is 0.248 e. The molecule has 0 N–H and O–H groups in total. The van der Waals surface area contributed by atoms with E-state index in [1.807, 2.05) is 42.5 Å². The summed E-state index contributed by atoms with van der Waals surface area (Å²) in [6.45, 7) is 1.34. The average Bonchev–Trinajstić information content (AvgIpc) is 3.18. The number of hydrogen-bond acceptors (Lipinski definition) is 4. The zero-order valence-corrected chi connectivity index (χ0v) is 17.9. The van der Waals surface area contributed by atoms with Crippen LogP contribution in [0.3, 0.4) is 0 Å². The molecule has 1 aliphatic heterocycles. The number of carbonyl (C=O) groups is 2. The number of hydrogen-bond donors (Lipinski definition) is 0. The molecule has 3 aromatic rings. The molecule has 156 valence electrons. The van der Waals surface area contributed by atoms with Gasteiger partial charge in [0.1, 0.15) is 6.54 Å². The Morgan fingerprint density at radius 1 is 1.00 bits per heavy atom. The van der Waals surface area contributed by atoms with E-state index in [-0.39, 0.29) is 18.4 Å². The number of para-hydroxylation sites is 1. The maximum atomic E-state index is 13.4. The molecule has 1 saturated heterocycles. The second-order valence-corrected chi connectivity index (χ2v) is 8.73. The monoisotopic (exact) mass is 421 g/mol. The molecule has 0 atom stereocenters. The molecule has 4 rings (SSSR count). The summed E-state index contributed by atoms with van der Waals surface area (Å²) in [4.78, 5) is 34.1. The van der Waals surface area contributed by atoms with E-state index in [2.05, 4.69) is 12.1 Å². The Bertz CT molecular complexity index is 969. The Hall–Kier alpha value is -2.73. The van der Waals surface area contributed by atoms with Crippen molar-refractivity contribution in [2.75, 3.05) is 24.5 Å². The highest BCUT2D eigenvalue weighted by Gasteiger charge is 2.24. The van der Waals surface area contributed by atoms with Gasteiger partial charge in [0.05, 0.1) is 10.2 Å². The minimum Gasteiger partial charge on any atom is -0.333 e. The number of aromatic nitrogens is 1. The Labute approximate surface area is 181 Å². The number of anilines is 1. The first-order valence-corrected chi connectivity index (χ1v) is 11.5. The van der Waals surface area contributed by atoms with Crippen LogP contribution in [-0.2, 0) is 16.0 Å². The van der Waals surface area contributed by atoms with Gasteiger partial charge in [-0.2, -0.15) is 0 Å². The van der Waals surface area contributed by atoms with E-state index in [9.17, 15) is 9.59 Å². The third-order valence-electron chi connectivity index (χ3n) is 5.53. The molecule has 30 heavy (non-hydrogen) atoms. The van der Waals surface area contributed by atoms with Crippen LogP contribution in [0, 0.1) is 0 Å². The number of amides is 2. The summed E-state index contributed by atoms with van der Waals surface area (Å²) in [6.07, 6.45) is 5.38. The second-order valence-electron chi connectivity index (χ2n) is 7.72. The van der Waals surface area contributed by atoms with Crippen LogP contribution >= 0.6 is 11.3 Å². The SMILES string of the molecule is O=C1CCCCCCN1CC(=O)N(CCc1ccccc1)c1nc2ccccc2s1. The molecule has 1 fully saturated rings. The van der Waals surface area contributed by atoms with Gasteiger partial charge in [0.25, 0.3) is 0 Å². The van der Waals surface area contributed by atoms with Crippen LogP contribution in [0.4, 0.5) is 5.13 Å². The van der Waals surface area contributed by atoms with Crippen molar-refractivity contribution in [1.82, 2.24) is 9.88 Å². The zero-order valence-electron chi connectivity index (χ0n) is 17.1. The normalized spacial score (nSPS) is 15.1. The van der Waals surface area contributed by atoms with Gasteiger partial charge in [-0.25, -0.2) is 4.98 Å². The van der Waals surface area contributed by atoms with Gasteiger partial charge in [-0.05, 0) is 37.0 Å². The summed E-state index contributed by atoms with van der Waals surface area (Å²) in [5, 5.41) is 0.705. The lowest BCUT2D eigenvalue weighted by Gasteiger charge is -2.27. The van der Waals surface area contributed by atoms with Crippen LogP contribution in [0.2, 0.25) is 0 Å². The fourth-order valence-electron chi connectivity index (χ4n) is 3.82. The van der Waals surface area contributed by atoms with Crippen molar-refractivity contribution in [1.29, 1.82) is 0 Å². The van der Waals surface area contributed by atoms with Crippen LogP contribution in [0.1, 0.15) is 37.7 Å². The lowest BCUT2D eigenvalue weighted by Crippen LogP contribution is -2.44. The first-order chi connectivity index (χ1) is 14.7. The van der Waals surface area contributed by atoms with Gasteiger partial charge >= 0.3 is 0 Å². The van der Waals surface area contributed by atoms with Gasteiger partial charge in [0.2, 0.25) is 11.8 Å². The van der Waals surface area contributed by atoms with Gasteiger partial charge in [0, 0.05) is 19.5 Å². The molecular weight excluding hydrogens is 394 g/mol. The van der Waals surface area contributed by atoms with E-state index in [1.165, 1.54) is 16.9 Å². The number of rotatable bonds is 6. The van der Waals surface area contributed by atoms with E-state index < -0.39 is 0 Å². The fourth-order valence-corrected chi connectivity index (χ4v) is 4.83. The lowest BCUT2D eigenvalue weighted by atomic mass is 10.1. The van der Waals surface area contributed by atoms with Crippen LogP contribution < -0.4 is 4.90 Å². The molecule has 0 saturated carbocycles. The van der Waals surface area contributed by atoms with Gasteiger partial charge < -0.3 is 4.90 Å². The van der Waals surface area contributed by atoms with Crippen molar-refractivity contribution in [3.63, 3.8) is 0 Å². The molecule has 6 heteroatoms. The van der Waals surface area contributed by atoms with Crippen molar-refractivity contribution in [2.24, 2.45) is 0 Å². The predicted molar refractivity (Wildman–Crippen MR) is 122 cm³/mol. The summed E-state index contributed by atoms with van der Waals surface area (Å²) in [6, 6.07) is 18.1.